The lowest BCUT2D eigenvalue weighted by molar-refractivity contribution is -0.105. The summed E-state index contributed by atoms with van der Waals surface area (Å²) in [4.78, 5) is 29.2. The Kier molecular flexibility index (Phi) is 5.54. The second kappa shape index (κ2) is 7.60. The summed E-state index contributed by atoms with van der Waals surface area (Å²) in [7, 11) is 1.49. The molecular formula is C16H16ClN3O3. The molecule has 0 atom stereocenters. The van der Waals surface area contributed by atoms with E-state index in [1.165, 1.54) is 18.2 Å². The highest BCUT2D eigenvalue weighted by Gasteiger charge is 2.22. The lowest BCUT2D eigenvalue weighted by atomic mass is 10.1. The van der Waals surface area contributed by atoms with Crippen molar-refractivity contribution in [2.45, 2.75) is 6.92 Å². The highest BCUT2D eigenvalue weighted by atomic mass is 35.5. The quantitative estimate of drug-likeness (QED) is 0.825. The maximum atomic E-state index is 12.9. The van der Waals surface area contributed by atoms with Crippen LogP contribution in [0.2, 0.25) is 5.02 Å². The van der Waals surface area contributed by atoms with Gasteiger partial charge in [-0.15, -0.1) is 0 Å². The van der Waals surface area contributed by atoms with E-state index in [2.05, 4.69) is 10.3 Å². The molecule has 0 aliphatic rings. The van der Waals surface area contributed by atoms with Gasteiger partial charge in [-0.25, -0.2) is 4.98 Å². The van der Waals surface area contributed by atoms with Gasteiger partial charge in [-0.3, -0.25) is 9.59 Å². The number of carbonyl (C=O) groups excluding carboxylic acids is 2. The van der Waals surface area contributed by atoms with Crippen LogP contribution in [0, 0.1) is 0 Å². The first-order valence-corrected chi connectivity index (χ1v) is 7.30. The predicted molar refractivity (Wildman–Crippen MR) is 89.3 cm³/mol. The fourth-order valence-electron chi connectivity index (χ4n) is 2.20. The molecule has 1 heterocycles. The average Bonchev–Trinajstić information content (AvgIpc) is 2.57. The lowest BCUT2D eigenvalue weighted by Crippen LogP contribution is -2.31. The molecule has 23 heavy (non-hydrogen) atoms. The van der Waals surface area contributed by atoms with Crippen molar-refractivity contribution in [1.29, 1.82) is 0 Å². The van der Waals surface area contributed by atoms with Gasteiger partial charge >= 0.3 is 0 Å². The minimum Gasteiger partial charge on any atom is -0.496 e. The number of amides is 2. The molecule has 2 rings (SSSR count). The molecule has 0 aliphatic carbocycles. The van der Waals surface area contributed by atoms with Crippen LogP contribution >= 0.6 is 11.6 Å². The summed E-state index contributed by atoms with van der Waals surface area (Å²) in [5.41, 5.74) is 0.830. The van der Waals surface area contributed by atoms with Gasteiger partial charge in [0, 0.05) is 17.8 Å². The Bertz CT molecular complexity index is 721. The van der Waals surface area contributed by atoms with Crippen molar-refractivity contribution >= 4 is 35.4 Å². The lowest BCUT2D eigenvalue weighted by Gasteiger charge is -2.23. The van der Waals surface area contributed by atoms with E-state index >= 15 is 0 Å². The number of hydrogen-bond donors (Lipinski definition) is 1. The second-order valence-electron chi connectivity index (χ2n) is 4.53. The average molecular weight is 334 g/mol. The Morgan fingerprint density at radius 3 is 2.87 bits per heavy atom. The van der Waals surface area contributed by atoms with Gasteiger partial charge in [0.15, 0.2) is 5.82 Å². The third-order valence-electron chi connectivity index (χ3n) is 3.23. The largest absolute Gasteiger partial charge is 0.496 e. The summed E-state index contributed by atoms with van der Waals surface area (Å²) in [5.74, 6) is 0.430. The van der Waals surface area contributed by atoms with E-state index in [4.69, 9.17) is 16.3 Å². The third kappa shape index (κ3) is 3.60. The smallest absolute Gasteiger partial charge is 0.262 e. The summed E-state index contributed by atoms with van der Waals surface area (Å²) in [5, 5.41) is 2.93. The Morgan fingerprint density at radius 2 is 2.22 bits per heavy atom. The number of hydrogen-bond acceptors (Lipinski definition) is 4. The summed E-state index contributed by atoms with van der Waals surface area (Å²) in [6.45, 7) is 2.21. The van der Waals surface area contributed by atoms with E-state index in [0.717, 1.165) is 0 Å². The normalized spacial score (nSPS) is 10.0. The van der Waals surface area contributed by atoms with Crippen LogP contribution in [-0.2, 0) is 4.79 Å². The van der Waals surface area contributed by atoms with E-state index in [1.807, 2.05) is 6.92 Å². The van der Waals surface area contributed by atoms with Crippen LogP contribution in [-0.4, -0.2) is 31.0 Å². The molecule has 0 unspecified atom stereocenters. The van der Waals surface area contributed by atoms with Gasteiger partial charge in [-0.2, -0.15) is 0 Å². The zero-order valence-electron chi connectivity index (χ0n) is 12.7. The molecule has 0 saturated carbocycles. The number of halogens is 1. The number of benzene rings is 1. The standard InChI is InChI=1S/C16H16ClN3O3/c1-3-20(13-5-4-8-18-15(13)19-10-21)16(22)12-9-11(17)6-7-14(12)23-2/h4-10H,3H2,1-2H3,(H,18,19,21). The van der Waals surface area contributed by atoms with Gasteiger partial charge in [0.05, 0.1) is 18.4 Å². The van der Waals surface area contributed by atoms with Crippen LogP contribution in [0.1, 0.15) is 17.3 Å². The number of nitrogens with one attached hydrogen (secondary N) is 1. The van der Waals surface area contributed by atoms with Crippen LogP contribution in [0.3, 0.4) is 0 Å². The molecule has 1 aromatic heterocycles. The fourth-order valence-corrected chi connectivity index (χ4v) is 2.37. The van der Waals surface area contributed by atoms with Gasteiger partial charge in [0.1, 0.15) is 5.75 Å². The van der Waals surface area contributed by atoms with Crippen molar-refractivity contribution in [1.82, 2.24) is 4.98 Å². The number of rotatable bonds is 6. The minimum atomic E-state index is -0.297. The molecule has 0 bridgehead atoms. The van der Waals surface area contributed by atoms with E-state index in [0.29, 0.717) is 40.8 Å². The maximum Gasteiger partial charge on any atom is 0.262 e. The maximum absolute atomic E-state index is 12.9. The van der Waals surface area contributed by atoms with Crippen molar-refractivity contribution in [2.75, 3.05) is 23.9 Å². The number of ether oxygens (including phenoxy) is 1. The topological polar surface area (TPSA) is 71.5 Å². The van der Waals surface area contributed by atoms with E-state index < -0.39 is 0 Å². The zero-order valence-corrected chi connectivity index (χ0v) is 13.5. The van der Waals surface area contributed by atoms with Gasteiger partial charge in [0.25, 0.3) is 5.91 Å². The zero-order chi connectivity index (χ0) is 16.8. The third-order valence-corrected chi connectivity index (χ3v) is 3.46. The molecule has 0 aliphatic heterocycles. The number of carbonyl (C=O) groups is 2. The molecule has 2 amide bonds. The summed E-state index contributed by atoms with van der Waals surface area (Å²) >= 11 is 6.00. The summed E-state index contributed by atoms with van der Waals surface area (Å²) in [6.07, 6.45) is 2.05. The molecule has 120 valence electrons. The number of anilines is 2. The van der Waals surface area contributed by atoms with Gasteiger partial charge < -0.3 is 15.0 Å². The summed E-state index contributed by atoms with van der Waals surface area (Å²) in [6, 6.07) is 8.23. The van der Waals surface area contributed by atoms with E-state index in [-0.39, 0.29) is 5.91 Å². The van der Waals surface area contributed by atoms with Crippen LogP contribution in [0.25, 0.3) is 0 Å². The monoisotopic (exact) mass is 333 g/mol. The highest BCUT2D eigenvalue weighted by Crippen LogP contribution is 2.29. The first-order valence-electron chi connectivity index (χ1n) is 6.93. The number of nitrogens with zero attached hydrogens (tertiary/aromatic N) is 2. The van der Waals surface area contributed by atoms with Gasteiger partial charge in [-0.1, -0.05) is 11.6 Å². The van der Waals surface area contributed by atoms with Crippen molar-refractivity contribution in [2.24, 2.45) is 0 Å². The first kappa shape index (κ1) is 16.8. The number of pyridine rings is 1. The van der Waals surface area contributed by atoms with Crippen LogP contribution in [0.5, 0.6) is 5.75 Å². The molecule has 0 saturated heterocycles. The van der Waals surface area contributed by atoms with Crippen LogP contribution < -0.4 is 15.0 Å². The van der Waals surface area contributed by atoms with Crippen LogP contribution in [0.4, 0.5) is 11.5 Å². The highest BCUT2D eigenvalue weighted by molar-refractivity contribution is 6.31. The molecule has 1 N–H and O–H groups in total. The molecule has 0 radical (unpaired) electrons. The van der Waals surface area contributed by atoms with Gasteiger partial charge in [-0.05, 0) is 37.3 Å². The Labute approximate surface area is 139 Å². The van der Waals surface area contributed by atoms with Gasteiger partial charge in [0.2, 0.25) is 6.41 Å². The molecule has 2 aromatic rings. The SMILES string of the molecule is CCN(C(=O)c1cc(Cl)ccc1OC)c1cccnc1NC=O. The number of aromatic nitrogens is 1. The molecule has 7 heteroatoms. The van der Waals surface area contributed by atoms with Crippen molar-refractivity contribution in [3.63, 3.8) is 0 Å². The number of methoxy groups -OCH3 is 1. The molecule has 6 nitrogen and oxygen atoms in total. The fraction of sp³-hybridized carbons (Fsp3) is 0.188. The molecule has 1 aromatic carbocycles. The first-order chi connectivity index (χ1) is 11.1. The Balaban J connectivity index is 2.48. The predicted octanol–water partition coefficient (Wildman–Crippen LogP) is 2.98. The molecule has 0 spiro atoms. The van der Waals surface area contributed by atoms with E-state index in [9.17, 15) is 9.59 Å². The molecule has 0 fully saturated rings. The Morgan fingerprint density at radius 1 is 1.43 bits per heavy atom. The Hall–Kier alpha value is -2.60. The van der Waals surface area contributed by atoms with E-state index in [1.54, 1.807) is 30.3 Å². The minimum absolute atomic E-state index is 0.297. The van der Waals surface area contributed by atoms with Crippen molar-refractivity contribution in [3.8, 4) is 5.75 Å². The second-order valence-corrected chi connectivity index (χ2v) is 4.96. The van der Waals surface area contributed by atoms with Crippen molar-refractivity contribution in [3.05, 3.63) is 47.1 Å². The van der Waals surface area contributed by atoms with Crippen LogP contribution in [0.15, 0.2) is 36.5 Å². The summed E-state index contributed by atoms with van der Waals surface area (Å²) < 4.78 is 5.24. The van der Waals surface area contributed by atoms with Crippen molar-refractivity contribution < 1.29 is 14.3 Å². The molecular weight excluding hydrogens is 318 g/mol.